The molecular formula is C15H11Cl2NOS. The van der Waals surface area contributed by atoms with Crippen LogP contribution in [0.1, 0.15) is 5.56 Å². The molecule has 2 aromatic carbocycles. The highest BCUT2D eigenvalue weighted by Gasteiger charge is 2.11. The van der Waals surface area contributed by atoms with Gasteiger partial charge in [-0.05, 0) is 24.3 Å². The van der Waals surface area contributed by atoms with E-state index in [1.54, 1.807) is 29.5 Å². The lowest BCUT2D eigenvalue weighted by Crippen LogP contribution is -1.98. The van der Waals surface area contributed by atoms with Crippen molar-refractivity contribution < 1.29 is 4.74 Å². The summed E-state index contributed by atoms with van der Waals surface area (Å²) < 4.78 is 6.92. The molecule has 0 saturated heterocycles. The highest BCUT2D eigenvalue weighted by Crippen LogP contribution is 2.35. The first-order valence-electron chi connectivity index (χ1n) is 5.99. The van der Waals surface area contributed by atoms with Gasteiger partial charge in [0, 0.05) is 20.7 Å². The summed E-state index contributed by atoms with van der Waals surface area (Å²) in [4.78, 5) is 0. The highest BCUT2D eigenvalue weighted by atomic mass is 35.5. The number of ether oxygens (including phenoxy) is 1. The predicted octanol–water partition coefficient (Wildman–Crippen LogP) is 5.37. The molecule has 2 nitrogen and oxygen atoms in total. The van der Waals surface area contributed by atoms with Crippen LogP contribution in [0.15, 0.2) is 42.5 Å². The summed E-state index contributed by atoms with van der Waals surface area (Å²) in [5.41, 5.74) is 7.06. The molecule has 2 N–H and O–H groups in total. The Morgan fingerprint density at radius 3 is 2.70 bits per heavy atom. The monoisotopic (exact) mass is 323 g/mol. The first-order valence-corrected chi connectivity index (χ1v) is 7.56. The van der Waals surface area contributed by atoms with Crippen LogP contribution in [0.3, 0.4) is 0 Å². The van der Waals surface area contributed by atoms with Crippen molar-refractivity contribution in [2.75, 3.05) is 5.73 Å². The molecule has 0 aliphatic carbocycles. The third kappa shape index (κ3) is 2.57. The standard InChI is InChI=1S/C15H11Cl2NOS/c16-9-5-6-13(12(17)7-9)19-8-11-10-3-1-2-4-14(10)20-15(11)18/h1-7H,8,18H2. The predicted molar refractivity (Wildman–Crippen MR) is 87.0 cm³/mol. The van der Waals surface area contributed by atoms with Gasteiger partial charge in [-0.2, -0.15) is 0 Å². The number of nitrogens with two attached hydrogens (primary N) is 1. The average Bonchev–Trinajstić information content (AvgIpc) is 2.74. The smallest absolute Gasteiger partial charge is 0.138 e. The number of hydrogen-bond donors (Lipinski definition) is 1. The van der Waals surface area contributed by atoms with E-state index in [4.69, 9.17) is 33.7 Å². The molecule has 0 aliphatic rings. The van der Waals surface area contributed by atoms with E-state index in [1.165, 1.54) is 0 Å². The number of rotatable bonds is 3. The van der Waals surface area contributed by atoms with Crippen molar-refractivity contribution in [3.8, 4) is 5.75 Å². The molecule has 0 saturated carbocycles. The van der Waals surface area contributed by atoms with Crippen LogP contribution in [0.2, 0.25) is 10.0 Å². The normalized spacial score (nSPS) is 10.9. The molecule has 3 rings (SSSR count). The fourth-order valence-corrected chi connectivity index (χ4v) is 3.45. The molecule has 0 bridgehead atoms. The molecule has 0 amide bonds. The molecule has 3 aromatic rings. The van der Waals surface area contributed by atoms with Crippen molar-refractivity contribution in [3.63, 3.8) is 0 Å². The van der Waals surface area contributed by atoms with Gasteiger partial charge in [0.15, 0.2) is 0 Å². The van der Waals surface area contributed by atoms with Gasteiger partial charge in [0.05, 0.1) is 10.0 Å². The lowest BCUT2D eigenvalue weighted by molar-refractivity contribution is 0.309. The van der Waals surface area contributed by atoms with Crippen LogP contribution < -0.4 is 10.5 Å². The second-order valence-electron chi connectivity index (χ2n) is 4.30. The number of anilines is 1. The lowest BCUT2D eigenvalue weighted by atomic mass is 10.2. The van der Waals surface area contributed by atoms with E-state index < -0.39 is 0 Å². The first-order chi connectivity index (χ1) is 9.65. The Kier molecular flexibility index (Phi) is 3.74. The van der Waals surface area contributed by atoms with Crippen LogP contribution in [0, 0.1) is 0 Å². The number of fused-ring (bicyclic) bond motifs is 1. The van der Waals surface area contributed by atoms with Crippen molar-refractivity contribution in [2.45, 2.75) is 6.61 Å². The van der Waals surface area contributed by atoms with Crippen LogP contribution >= 0.6 is 34.5 Å². The summed E-state index contributed by atoms with van der Waals surface area (Å²) in [6, 6.07) is 13.3. The van der Waals surface area contributed by atoms with E-state index in [2.05, 4.69) is 6.07 Å². The molecule has 102 valence electrons. The molecular weight excluding hydrogens is 313 g/mol. The minimum absolute atomic E-state index is 0.386. The molecule has 5 heteroatoms. The Hall–Kier alpha value is -1.42. The van der Waals surface area contributed by atoms with E-state index >= 15 is 0 Å². The Bertz CT molecular complexity index is 770. The van der Waals surface area contributed by atoms with Gasteiger partial charge >= 0.3 is 0 Å². The van der Waals surface area contributed by atoms with Crippen molar-refractivity contribution in [3.05, 3.63) is 58.1 Å². The molecule has 0 radical (unpaired) electrons. The van der Waals surface area contributed by atoms with Crippen LogP contribution in [-0.2, 0) is 6.61 Å². The van der Waals surface area contributed by atoms with Gasteiger partial charge in [0.2, 0.25) is 0 Å². The molecule has 0 aliphatic heterocycles. The van der Waals surface area contributed by atoms with Crippen molar-refractivity contribution in [1.82, 2.24) is 0 Å². The van der Waals surface area contributed by atoms with E-state index in [0.29, 0.717) is 22.4 Å². The zero-order chi connectivity index (χ0) is 14.1. The third-order valence-electron chi connectivity index (χ3n) is 3.00. The average molecular weight is 324 g/mol. The second kappa shape index (κ2) is 5.52. The summed E-state index contributed by atoms with van der Waals surface area (Å²) in [7, 11) is 0. The summed E-state index contributed by atoms with van der Waals surface area (Å²) in [6.45, 7) is 0.386. The fourth-order valence-electron chi connectivity index (χ4n) is 2.01. The van der Waals surface area contributed by atoms with Crippen LogP contribution in [-0.4, -0.2) is 0 Å². The number of hydrogen-bond acceptors (Lipinski definition) is 3. The summed E-state index contributed by atoms with van der Waals surface area (Å²) in [5.74, 6) is 0.603. The molecule has 1 aromatic heterocycles. The SMILES string of the molecule is Nc1sc2ccccc2c1COc1ccc(Cl)cc1Cl. The summed E-state index contributed by atoms with van der Waals surface area (Å²) in [6.07, 6.45) is 0. The van der Waals surface area contributed by atoms with Crippen molar-refractivity contribution in [2.24, 2.45) is 0 Å². The molecule has 0 fully saturated rings. The van der Waals surface area contributed by atoms with E-state index in [0.717, 1.165) is 20.7 Å². The molecule has 0 unspecified atom stereocenters. The molecule has 1 heterocycles. The van der Waals surface area contributed by atoms with E-state index in [9.17, 15) is 0 Å². The maximum Gasteiger partial charge on any atom is 0.138 e. The van der Waals surface area contributed by atoms with Gasteiger partial charge in [0.1, 0.15) is 12.4 Å². The van der Waals surface area contributed by atoms with E-state index in [-0.39, 0.29) is 0 Å². The van der Waals surface area contributed by atoms with Crippen LogP contribution in [0.4, 0.5) is 5.00 Å². The quantitative estimate of drug-likeness (QED) is 0.703. The minimum atomic E-state index is 0.386. The van der Waals surface area contributed by atoms with Gasteiger partial charge in [-0.25, -0.2) is 0 Å². The Labute approximate surface area is 130 Å². The van der Waals surface area contributed by atoms with E-state index in [1.807, 2.05) is 18.2 Å². The zero-order valence-electron chi connectivity index (χ0n) is 10.4. The van der Waals surface area contributed by atoms with Gasteiger partial charge < -0.3 is 10.5 Å². The van der Waals surface area contributed by atoms with Crippen molar-refractivity contribution in [1.29, 1.82) is 0 Å². The topological polar surface area (TPSA) is 35.2 Å². The van der Waals surface area contributed by atoms with Crippen LogP contribution in [0.25, 0.3) is 10.1 Å². The minimum Gasteiger partial charge on any atom is -0.487 e. The maximum atomic E-state index is 6.09. The summed E-state index contributed by atoms with van der Waals surface area (Å²) in [5, 5.41) is 2.98. The molecule has 0 spiro atoms. The second-order valence-corrected chi connectivity index (χ2v) is 6.23. The maximum absolute atomic E-state index is 6.09. The number of halogens is 2. The van der Waals surface area contributed by atoms with Gasteiger partial charge in [0.25, 0.3) is 0 Å². The first kappa shape index (κ1) is 13.6. The summed E-state index contributed by atoms with van der Waals surface area (Å²) >= 11 is 13.5. The molecule has 0 atom stereocenters. The lowest BCUT2D eigenvalue weighted by Gasteiger charge is -2.08. The van der Waals surface area contributed by atoms with Gasteiger partial charge in [-0.3, -0.25) is 0 Å². The largest absolute Gasteiger partial charge is 0.487 e. The Balaban J connectivity index is 1.88. The molecule has 20 heavy (non-hydrogen) atoms. The Morgan fingerprint density at radius 1 is 1.10 bits per heavy atom. The van der Waals surface area contributed by atoms with Gasteiger partial charge in [-0.15, -0.1) is 11.3 Å². The van der Waals surface area contributed by atoms with Crippen molar-refractivity contribution >= 4 is 49.6 Å². The number of thiophene rings is 1. The number of nitrogen functional groups attached to an aromatic ring is 1. The Morgan fingerprint density at radius 2 is 1.90 bits per heavy atom. The fraction of sp³-hybridized carbons (Fsp3) is 0.0667. The third-order valence-corrected chi connectivity index (χ3v) is 4.57. The van der Waals surface area contributed by atoms with Gasteiger partial charge in [-0.1, -0.05) is 41.4 Å². The van der Waals surface area contributed by atoms with Crippen LogP contribution in [0.5, 0.6) is 5.75 Å². The zero-order valence-corrected chi connectivity index (χ0v) is 12.7. The number of benzene rings is 2. The highest BCUT2D eigenvalue weighted by molar-refractivity contribution is 7.22.